The molecule has 1 atom stereocenters. The third kappa shape index (κ3) is 2.71. The Morgan fingerprint density at radius 3 is 2.63 bits per heavy atom. The molecule has 1 aromatic heterocycles. The zero-order valence-electron chi connectivity index (χ0n) is 11.1. The van der Waals surface area contributed by atoms with Crippen molar-refractivity contribution in [2.45, 2.75) is 32.7 Å². The van der Waals surface area contributed by atoms with Gasteiger partial charge in [0.1, 0.15) is 16.5 Å². The average Bonchev–Trinajstić information content (AvgIpc) is 2.77. The van der Waals surface area contributed by atoms with E-state index in [9.17, 15) is 5.26 Å². The van der Waals surface area contributed by atoms with E-state index in [4.69, 9.17) is 4.98 Å². The zero-order chi connectivity index (χ0) is 13.8. The predicted molar refractivity (Wildman–Crippen MR) is 79.7 cm³/mol. The molecule has 98 valence electrons. The van der Waals surface area contributed by atoms with Gasteiger partial charge in [-0.2, -0.15) is 5.26 Å². The van der Waals surface area contributed by atoms with Gasteiger partial charge in [0.15, 0.2) is 0 Å². The number of nitrogens with zero attached hydrogens (tertiary/aromatic N) is 3. The molecule has 0 aliphatic heterocycles. The van der Waals surface area contributed by atoms with Gasteiger partial charge >= 0.3 is 0 Å². The molecular weight excluding hydrogens is 302 g/mol. The number of hydrogen-bond donors (Lipinski definition) is 0. The van der Waals surface area contributed by atoms with E-state index in [1.807, 2.05) is 41.8 Å². The molecule has 0 fully saturated rings. The van der Waals surface area contributed by atoms with Crippen LogP contribution in [0, 0.1) is 11.3 Å². The molecule has 3 nitrogen and oxygen atoms in total. The SMILES string of the molecule is CCCc1nc(-c2ccccc2)n(C(C)C#N)c1Br. The summed E-state index contributed by atoms with van der Waals surface area (Å²) >= 11 is 3.59. The van der Waals surface area contributed by atoms with Crippen molar-refractivity contribution in [3.05, 3.63) is 40.6 Å². The van der Waals surface area contributed by atoms with Crippen LogP contribution in [0.4, 0.5) is 0 Å². The van der Waals surface area contributed by atoms with E-state index < -0.39 is 0 Å². The summed E-state index contributed by atoms with van der Waals surface area (Å²) in [6.45, 7) is 4.01. The molecule has 0 aliphatic rings. The highest BCUT2D eigenvalue weighted by molar-refractivity contribution is 9.10. The predicted octanol–water partition coefficient (Wildman–Crippen LogP) is 4.35. The molecule has 0 aliphatic carbocycles. The van der Waals surface area contributed by atoms with Crippen LogP contribution in [0.1, 0.15) is 32.0 Å². The maximum absolute atomic E-state index is 9.20. The Hall–Kier alpha value is -1.60. The van der Waals surface area contributed by atoms with Gasteiger partial charge in [0.2, 0.25) is 0 Å². The van der Waals surface area contributed by atoms with Crippen molar-refractivity contribution in [2.75, 3.05) is 0 Å². The van der Waals surface area contributed by atoms with Gasteiger partial charge < -0.3 is 4.57 Å². The number of aryl methyl sites for hydroxylation is 1. The van der Waals surface area contributed by atoms with E-state index in [0.717, 1.165) is 34.5 Å². The maximum atomic E-state index is 9.20. The lowest BCUT2D eigenvalue weighted by Gasteiger charge is -2.11. The molecule has 0 radical (unpaired) electrons. The third-order valence-electron chi connectivity index (χ3n) is 3.01. The number of imidazole rings is 1. The molecule has 1 aromatic carbocycles. The van der Waals surface area contributed by atoms with Gasteiger partial charge in [-0.3, -0.25) is 0 Å². The minimum atomic E-state index is -0.248. The Labute approximate surface area is 122 Å². The molecule has 4 heteroatoms. The molecule has 0 amide bonds. The molecule has 0 bridgehead atoms. The van der Waals surface area contributed by atoms with Crippen molar-refractivity contribution < 1.29 is 0 Å². The van der Waals surface area contributed by atoms with Crippen molar-refractivity contribution >= 4 is 15.9 Å². The van der Waals surface area contributed by atoms with E-state index >= 15 is 0 Å². The molecule has 0 N–H and O–H groups in total. The highest BCUT2D eigenvalue weighted by Crippen LogP contribution is 2.30. The quantitative estimate of drug-likeness (QED) is 0.841. The lowest BCUT2D eigenvalue weighted by molar-refractivity contribution is 0.665. The molecule has 2 rings (SSSR count). The van der Waals surface area contributed by atoms with Crippen LogP contribution in [-0.4, -0.2) is 9.55 Å². The van der Waals surface area contributed by atoms with Crippen LogP contribution in [-0.2, 0) is 6.42 Å². The molecule has 2 aromatic rings. The van der Waals surface area contributed by atoms with Crippen molar-refractivity contribution in [1.82, 2.24) is 9.55 Å². The number of hydrogen-bond acceptors (Lipinski definition) is 2. The van der Waals surface area contributed by atoms with E-state index in [1.54, 1.807) is 0 Å². The first-order valence-corrected chi connectivity index (χ1v) is 7.20. The van der Waals surface area contributed by atoms with Crippen LogP contribution in [0.5, 0.6) is 0 Å². The minimum Gasteiger partial charge on any atom is -0.302 e. The average molecular weight is 318 g/mol. The monoisotopic (exact) mass is 317 g/mol. The lowest BCUT2D eigenvalue weighted by Crippen LogP contribution is -2.05. The smallest absolute Gasteiger partial charge is 0.142 e. The largest absolute Gasteiger partial charge is 0.302 e. The summed E-state index contributed by atoms with van der Waals surface area (Å²) in [5.41, 5.74) is 2.05. The molecule has 1 heterocycles. The molecule has 0 saturated heterocycles. The van der Waals surface area contributed by atoms with Gasteiger partial charge in [0.05, 0.1) is 11.8 Å². The fourth-order valence-electron chi connectivity index (χ4n) is 2.06. The molecule has 0 spiro atoms. The first-order chi connectivity index (χ1) is 9.19. The number of rotatable bonds is 4. The lowest BCUT2D eigenvalue weighted by atomic mass is 10.2. The first-order valence-electron chi connectivity index (χ1n) is 6.40. The summed E-state index contributed by atoms with van der Waals surface area (Å²) in [6.07, 6.45) is 1.94. The fourth-order valence-corrected chi connectivity index (χ4v) is 2.82. The van der Waals surface area contributed by atoms with Gasteiger partial charge in [-0.05, 0) is 29.3 Å². The Morgan fingerprint density at radius 1 is 1.37 bits per heavy atom. The molecule has 0 saturated carbocycles. The Morgan fingerprint density at radius 2 is 2.05 bits per heavy atom. The van der Waals surface area contributed by atoms with Crippen LogP contribution >= 0.6 is 15.9 Å². The van der Waals surface area contributed by atoms with Crippen LogP contribution in [0.15, 0.2) is 34.9 Å². The molecular formula is C15H16BrN3. The van der Waals surface area contributed by atoms with Gasteiger partial charge in [-0.15, -0.1) is 0 Å². The summed E-state index contributed by atoms with van der Waals surface area (Å²) in [6, 6.07) is 12.0. The van der Waals surface area contributed by atoms with Crippen LogP contribution in [0.3, 0.4) is 0 Å². The van der Waals surface area contributed by atoms with Gasteiger partial charge in [-0.25, -0.2) is 4.98 Å². The zero-order valence-corrected chi connectivity index (χ0v) is 12.7. The summed E-state index contributed by atoms with van der Waals surface area (Å²) in [5.74, 6) is 0.852. The van der Waals surface area contributed by atoms with Crippen LogP contribution < -0.4 is 0 Å². The second-order valence-corrected chi connectivity index (χ2v) is 5.22. The second kappa shape index (κ2) is 6.03. The minimum absolute atomic E-state index is 0.248. The first kappa shape index (κ1) is 13.8. The molecule has 19 heavy (non-hydrogen) atoms. The van der Waals surface area contributed by atoms with Gasteiger partial charge in [-0.1, -0.05) is 43.7 Å². The molecule has 1 unspecified atom stereocenters. The second-order valence-electron chi connectivity index (χ2n) is 4.46. The Balaban J connectivity index is 2.59. The number of benzene rings is 1. The highest BCUT2D eigenvalue weighted by atomic mass is 79.9. The number of aromatic nitrogens is 2. The van der Waals surface area contributed by atoms with E-state index in [1.165, 1.54) is 0 Å². The number of halogens is 1. The van der Waals surface area contributed by atoms with Crippen molar-refractivity contribution in [3.8, 4) is 17.5 Å². The summed E-state index contributed by atoms with van der Waals surface area (Å²) < 4.78 is 2.88. The van der Waals surface area contributed by atoms with E-state index in [2.05, 4.69) is 28.9 Å². The highest BCUT2D eigenvalue weighted by Gasteiger charge is 2.19. The standard InChI is InChI=1S/C15H16BrN3/c1-3-7-13-14(16)19(11(2)10-17)15(18-13)12-8-5-4-6-9-12/h4-6,8-9,11H,3,7H2,1-2H3. The topological polar surface area (TPSA) is 41.6 Å². The van der Waals surface area contributed by atoms with Gasteiger partial charge in [0, 0.05) is 5.56 Å². The summed E-state index contributed by atoms with van der Waals surface area (Å²) in [4.78, 5) is 4.70. The maximum Gasteiger partial charge on any atom is 0.142 e. The third-order valence-corrected chi connectivity index (χ3v) is 3.85. The summed E-state index contributed by atoms with van der Waals surface area (Å²) in [5, 5.41) is 9.20. The van der Waals surface area contributed by atoms with E-state index in [0.29, 0.717) is 0 Å². The van der Waals surface area contributed by atoms with Gasteiger partial charge in [0.25, 0.3) is 0 Å². The number of nitriles is 1. The van der Waals surface area contributed by atoms with Crippen LogP contribution in [0.25, 0.3) is 11.4 Å². The Bertz CT molecular complexity index is 596. The summed E-state index contributed by atoms with van der Waals surface area (Å²) in [7, 11) is 0. The Kier molecular flexibility index (Phi) is 4.39. The normalized spacial score (nSPS) is 12.1. The fraction of sp³-hybridized carbons (Fsp3) is 0.333. The van der Waals surface area contributed by atoms with Crippen molar-refractivity contribution in [1.29, 1.82) is 5.26 Å². The van der Waals surface area contributed by atoms with Crippen molar-refractivity contribution in [2.24, 2.45) is 0 Å². The van der Waals surface area contributed by atoms with E-state index in [-0.39, 0.29) is 6.04 Å². The van der Waals surface area contributed by atoms with Crippen LogP contribution in [0.2, 0.25) is 0 Å². The van der Waals surface area contributed by atoms with Crippen molar-refractivity contribution in [3.63, 3.8) is 0 Å².